The first kappa shape index (κ1) is 10.4. The number of thioether (sulfide) groups is 1. The van der Waals surface area contributed by atoms with Gasteiger partial charge in [0.1, 0.15) is 0 Å². The molecular weight excluding hydrogens is 170 g/mol. The van der Waals surface area contributed by atoms with Crippen LogP contribution in [0, 0.1) is 0 Å². The van der Waals surface area contributed by atoms with Crippen molar-refractivity contribution in [2.24, 2.45) is 0 Å². The van der Waals surface area contributed by atoms with Gasteiger partial charge in [-0.3, -0.25) is 0 Å². The molecule has 0 bridgehead atoms. The van der Waals surface area contributed by atoms with E-state index in [9.17, 15) is 5.11 Å². The minimum absolute atomic E-state index is 0.164. The van der Waals surface area contributed by atoms with Gasteiger partial charge in [0.25, 0.3) is 0 Å². The van der Waals surface area contributed by atoms with Crippen molar-refractivity contribution in [3.8, 4) is 0 Å². The van der Waals surface area contributed by atoms with Gasteiger partial charge >= 0.3 is 0 Å². The quantitative estimate of drug-likeness (QED) is 0.698. The molecule has 0 aromatic rings. The molecule has 1 aliphatic heterocycles. The summed E-state index contributed by atoms with van der Waals surface area (Å²) in [5.74, 6) is 1.26. The summed E-state index contributed by atoms with van der Waals surface area (Å²) < 4.78 is 0. The fraction of sp³-hybridized carbons (Fsp3) is 1.00. The van der Waals surface area contributed by atoms with Gasteiger partial charge in [0.15, 0.2) is 0 Å². The summed E-state index contributed by atoms with van der Waals surface area (Å²) in [6.07, 6.45) is 1.94. The Hall–Kier alpha value is 0.270. The average molecular weight is 189 g/mol. The van der Waals surface area contributed by atoms with Crippen molar-refractivity contribution in [3.05, 3.63) is 0 Å². The van der Waals surface area contributed by atoms with Crippen LogP contribution in [-0.4, -0.2) is 34.8 Å². The third kappa shape index (κ3) is 2.96. The van der Waals surface area contributed by atoms with Crippen LogP contribution in [0.1, 0.15) is 26.7 Å². The lowest BCUT2D eigenvalue weighted by Gasteiger charge is -2.18. The molecule has 12 heavy (non-hydrogen) atoms. The molecule has 3 unspecified atom stereocenters. The molecule has 1 heterocycles. The zero-order valence-electron chi connectivity index (χ0n) is 7.92. The second-order valence-electron chi connectivity index (χ2n) is 3.44. The molecule has 0 spiro atoms. The van der Waals surface area contributed by atoms with Crippen LogP contribution < -0.4 is 5.32 Å². The molecule has 2 nitrogen and oxygen atoms in total. The minimum Gasteiger partial charge on any atom is -0.392 e. The van der Waals surface area contributed by atoms with E-state index in [-0.39, 0.29) is 6.10 Å². The standard InChI is InChI=1S/C9H19NOS/c1-3-8(11)6-10-9-4-5-12-7(9)2/h7-11H,3-6H2,1-2H3. The normalized spacial score (nSPS) is 32.2. The van der Waals surface area contributed by atoms with Crippen LogP contribution in [-0.2, 0) is 0 Å². The topological polar surface area (TPSA) is 32.3 Å². The van der Waals surface area contributed by atoms with Crippen molar-refractivity contribution in [1.29, 1.82) is 0 Å². The summed E-state index contributed by atoms with van der Waals surface area (Å²) in [5, 5.41) is 13.5. The summed E-state index contributed by atoms with van der Waals surface area (Å²) >= 11 is 2.02. The number of aliphatic hydroxyl groups is 1. The van der Waals surface area contributed by atoms with E-state index >= 15 is 0 Å². The molecule has 0 aromatic heterocycles. The lowest BCUT2D eigenvalue weighted by atomic mass is 10.1. The lowest BCUT2D eigenvalue weighted by molar-refractivity contribution is 0.163. The Morgan fingerprint density at radius 2 is 2.42 bits per heavy atom. The Balaban J connectivity index is 2.13. The lowest BCUT2D eigenvalue weighted by Crippen LogP contribution is -2.38. The fourth-order valence-electron chi connectivity index (χ4n) is 1.43. The Kier molecular flexibility index (Phi) is 4.40. The summed E-state index contributed by atoms with van der Waals surface area (Å²) in [5.41, 5.74) is 0. The fourth-order valence-corrected chi connectivity index (χ4v) is 2.66. The molecular formula is C9H19NOS. The highest BCUT2D eigenvalue weighted by Gasteiger charge is 2.23. The molecule has 1 fully saturated rings. The van der Waals surface area contributed by atoms with Gasteiger partial charge in [-0.15, -0.1) is 0 Å². The monoisotopic (exact) mass is 189 g/mol. The predicted octanol–water partition coefficient (Wildman–Crippen LogP) is 1.24. The molecule has 1 saturated heterocycles. The molecule has 3 atom stereocenters. The smallest absolute Gasteiger partial charge is 0.0662 e. The molecule has 2 N–H and O–H groups in total. The van der Waals surface area contributed by atoms with Gasteiger partial charge in [-0.1, -0.05) is 13.8 Å². The number of nitrogens with one attached hydrogen (secondary N) is 1. The summed E-state index contributed by atoms with van der Waals surface area (Å²) in [6, 6.07) is 0.621. The van der Waals surface area contributed by atoms with E-state index in [2.05, 4.69) is 12.2 Å². The van der Waals surface area contributed by atoms with E-state index < -0.39 is 0 Å². The molecule has 1 aliphatic rings. The van der Waals surface area contributed by atoms with Crippen molar-refractivity contribution in [2.75, 3.05) is 12.3 Å². The maximum Gasteiger partial charge on any atom is 0.0662 e. The van der Waals surface area contributed by atoms with Crippen molar-refractivity contribution >= 4 is 11.8 Å². The Morgan fingerprint density at radius 3 is 2.92 bits per heavy atom. The number of hydrogen-bond donors (Lipinski definition) is 2. The summed E-state index contributed by atoms with van der Waals surface area (Å²) in [6.45, 7) is 5.03. The number of aliphatic hydroxyl groups excluding tert-OH is 1. The maximum absolute atomic E-state index is 9.34. The van der Waals surface area contributed by atoms with Crippen LogP contribution in [0.25, 0.3) is 0 Å². The molecule has 0 amide bonds. The van der Waals surface area contributed by atoms with E-state index in [1.54, 1.807) is 0 Å². The number of rotatable bonds is 4. The van der Waals surface area contributed by atoms with Crippen LogP contribution in [0.5, 0.6) is 0 Å². The first-order chi connectivity index (χ1) is 5.74. The van der Waals surface area contributed by atoms with E-state index in [0.29, 0.717) is 11.3 Å². The third-order valence-corrected chi connectivity index (χ3v) is 3.79. The highest BCUT2D eigenvalue weighted by Crippen LogP contribution is 2.25. The van der Waals surface area contributed by atoms with Gasteiger partial charge in [0.05, 0.1) is 6.10 Å². The van der Waals surface area contributed by atoms with Crippen LogP contribution >= 0.6 is 11.8 Å². The molecule has 72 valence electrons. The zero-order valence-corrected chi connectivity index (χ0v) is 8.73. The number of hydrogen-bond acceptors (Lipinski definition) is 3. The van der Waals surface area contributed by atoms with Gasteiger partial charge in [-0.2, -0.15) is 11.8 Å². The van der Waals surface area contributed by atoms with Crippen molar-refractivity contribution < 1.29 is 5.11 Å². The van der Waals surface area contributed by atoms with E-state index in [1.165, 1.54) is 12.2 Å². The molecule has 0 radical (unpaired) electrons. The minimum atomic E-state index is -0.164. The summed E-state index contributed by atoms with van der Waals surface area (Å²) in [7, 11) is 0. The van der Waals surface area contributed by atoms with Crippen LogP contribution in [0.4, 0.5) is 0 Å². The second kappa shape index (κ2) is 5.10. The SMILES string of the molecule is CCC(O)CNC1CCSC1C. The second-order valence-corrected chi connectivity index (χ2v) is 4.93. The van der Waals surface area contributed by atoms with Crippen molar-refractivity contribution in [2.45, 2.75) is 44.1 Å². The molecule has 0 saturated carbocycles. The Morgan fingerprint density at radius 1 is 1.67 bits per heavy atom. The first-order valence-electron chi connectivity index (χ1n) is 4.77. The largest absolute Gasteiger partial charge is 0.392 e. The zero-order chi connectivity index (χ0) is 8.97. The van der Waals surface area contributed by atoms with Crippen LogP contribution in [0.15, 0.2) is 0 Å². The Bertz CT molecular complexity index is 132. The van der Waals surface area contributed by atoms with Gasteiger partial charge in [-0.05, 0) is 18.6 Å². The van der Waals surface area contributed by atoms with Gasteiger partial charge in [-0.25, -0.2) is 0 Å². The van der Waals surface area contributed by atoms with Crippen LogP contribution in [0.3, 0.4) is 0 Å². The maximum atomic E-state index is 9.34. The molecule has 3 heteroatoms. The first-order valence-corrected chi connectivity index (χ1v) is 5.82. The van der Waals surface area contributed by atoms with Crippen molar-refractivity contribution in [3.63, 3.8) is 0 Å². The van der Waals surface area contributed by atoms with Gasteiger partial charge < -0.3 is 10.4 Å². The van der Waals surface area contributed by atoms with Gasteiger partial charge in [0.2, 0.25) is 0 Å². The predicted molar refractivity (Wildman–Crippen MR) is 54.6 cm³/mol. The molecule has 0 aromatic carbocycles. The van der Waals surface area contributed by atoms with Gasteiger partial charge in [0, 0.05) is 17.8 Å². The highest BCUT2D eigenvalue weighted by molar-refractivity contribution is 8.00. The van der Waals surface area contributed by atoms with Crippen LogP contribution in [0.2, 0.25) is 0 Å². The van der Waals surface area contributed by atoms with E-state index in [4.69, 9.17) is 0 Å². The average Bonchev–Trinajstić information content (AvgIpc) is 2.47. The molecule has 1 rings (SSSR count). The van der Waals surface area contributed by atoms with E-state index in [0.717, 1.165) is 13.0 Å². The third-order valence-electron chi connectivity index (χ3n) is 2.46. The van der Waals surface area contributed by atoms with Crippen molar-refractivity contribution in [1.82, 2.24) is 5.32 Å². The summed E-state index contributed by atoms with van der Waals surface area (Å²) in [4.78, 5) is 0. The Labute approximate surface area is 79.1 Å². The highest BCUT2D eigenvalue weighted by atomic mass is 32.2. The molecule has 0 aliphatic carbocycles. The van der Waals surface area contributed by atoms with E-state index in [1.807, 2.05) is 18.7 Å².